The van der Waals surface area contributed by atoms with Crippen LogP contribution in [0.15, 0.2) is 24.3 Å². The minimum atomic E-state index is -0.870. The summed E-state index contributed by atoms with van der Waals surface area (Å²) in [5.41, 5.74) is 0.635. The molecule has 1 rings (SSSR count). The van der Waals surface area contributed by atoms with Crippen molar-refractivity contribution in [1.82, 2.24) is 0 Å². The van der Waals surface area contributed by atoms with E-state index in [0.29, 0.717) is 12.1 Å². The van der Waals surface area contributed by atoms with Gasteiger partial charge in [0.1, 0.15) is 11.9 Å². The van der Waals surface area contributed by atoms with E-state index in [2.05, 4.69) is 12.2 Å². The Bertz CT molecular complexity index is 351. The lowest BCUT2D eigenvalue weighted by molar-refractivity contribution is -0.138. The van der Waals surface area contributed by atoms with Gasteiger partial charge in [0.05, 0.1) is 0 Å². The quantitative estimate of drug-likeness (QED) is 0.718. The lowest BCUT2D eigenvalue weighted by atomic mass is 10.1. The number of unbranched alkanes of at least 4 members (excludes halogenated alkanes) is 2. The fraction of sp³-hybridized carbons (Fsp3) is 0.462. The lowest BCUT2D eigenvalue weighted by Crippen LogP contribution is -2.29. The Kier molecular flexibility index (Phi) is 5.46. The number of aliphatic carboxylic acids is 1. The van der Waals surface area contributed by atoms with Crippen LogP contribution in [0.25, 0.3) is 0 Å². The summed E-state index contributed by atoms with van der Waals surface area (Å²) in [5, 5.41) is 12.0. The van der Waals surface area contributed by atoms with Gasteiger partial charge in [0.25, 0.3) is 0 Å². The standard InChI is InChI=1S/C13H18FNO2/c1-2-3-4-5-12(13(16)17)15-11-8-6-10(14)7-9-11/h6-9,12,15H,2-5H2,1H3,(H,16,17). The van der Waals surface area contributed by atoms with Gasteiger partial charge in [-0.15, -0.1) is 0 Å². The van der Waals surface area contributed by atoms with E-state index in [0.717, 1.165) is 19.3 Å². The Labute approximate surface area is 101 Å². The van der Waals surface area contributed by atoms with Crippen molar-refractivity contribution in [2.24, 2.45) is 0 Å². The molecule has 0 fully saturated rings. The van der Waals surface area contributed by atoms with E-state index < -0.39 is 12.0 Å². The average Bonchev–Trinajstić information content (AvgIpc) is 2.30. The summed E-state index contributed by atoms with van der Waals surface area (Å²) in [6.07, 6.45) is 3.54. The molecule has 0 radical (unpaired) electrons. The van der Waals surface area contributed by atoms with Crippen molar-refractivity contribution in [2.75, 3.05) is 5.32 Å². The van der Waals surface area contributed by atoms with Crippen LogP contribution in [-0.4, -0.2) is 17.1 Å². The molecule has 0 saturated carbocycles. The second-order valence-corrected chi connectivity index (χ2v) is 4.04. The molecule has 2 N–H and O–H groups in total. The highest BCUT2D eigenvalue weighted by Gasteiger charge is 2.16. The maximum atomic E-state index is 12.7. The zero-order valence-electron chi connectivity index (χ0n) is 9.95. The fourth-order valence-electron chi connectivity index (χ4n) is 1.60. The van der Waals surface area contributed by atoms with Crippen molar-refractivity contribution in [3.05, 3.63) is 30.1 Å². The first-order valence-corrected chi connectivity index (χ1v) is 5.88. The van der Waals surface area contributed by atoms with Gasteiger partial charge in [-0.2, -0.15) is 0 Å². The summed E-state index contributed by atoms with van der Waals surface area (Å²) in [6, 6.07) is 5.11. The number of rotatable bonds is 7. The van der Waals surface area contributed by atoms with Gasteiger partial charge in [-0.1, -0.05) is 26.2 Å². The summed E-state index contributed by atoms with van der Waals surface area (Å²) in [5.74, 6) is -1.20. The summed E-state index contributed by atoms with van der Waals surface area (Å²) >= 11 is 0. The third-order valence-corrected chi connectivity index (χ3v) is 2.58. The molecule has 1 aromatic rings. The van der Waals surface area contributed by atoms with Crippen LogP contribution in [0.3, 0.4) is 0 Å². The molecule has 1 unspecified atom stereocenters. The van der Waals surface area contributed by atoms with Gasteiger partial charge in [0.2, 0.25) is 0 Å². The first kappa shape index (κ1) is 13.5. The molecule has 17 heavy (non-hydrogen) atoms. The molecule has 0 bridgehead atoms. The molecule has 0 spiro atoms. The summed E-state index contributed by atoms with van der Waals surface area (Å²) in [7, 11) is 0. The minimum Gasteiger partial charge on any atom is -0.480 e. The number of hydrogen-bond acceptors (Lipinski definition) is 2. The zero-order chi connectivity index (χ0) is 12.7. The van der Waals surface area contributed by atoms with E-state index in [9.17, 15) is 9.18 Å². The van der Waals surface area contributed by atoms with Gasteiger partial charge >= 0.3 is 5.97 Å². The Balaban J connectivity index is 2.54. The van der Waals surface area contributed by atoms with E-state index in [1.54, 1.807) is 12.1 Å². The second kappa shape index (κ2) is 6.89. The number of nitrogens with one attached hydrogen (secondary N) is 1. The van der Waals surface area contributed by atoms with Gasteiger partial charge in [0.15, 0.2) is 0 Å². The Hall–Kier alpha value is -1.58. The monoisotopic (exact) mass is 239 g/mol. The maximum Gasteiger partial charge on any atom is 0.326 e. The van der Waals surface area contributed by atoms with Crippen molar-refractivity contribution >= 4 is 11.7 Å². The van der Waals surface area contributed by atoms with E-state index in [1.165, 1.54) is 12.1 Å². The molecular weight excluding hydrogens is 221 g/mol. The van der Waals surface area contributed by atoms with Crippen molar-refractivity contribution in [1.29, 1.82) is 0 Å². The van der Waals surface area contributed by atoms with E-state index in [1.807, 2.05) is 0 Å². The largest absolute Gasteiger partial charge is 0.480 e. The van der Waals surface area contributed by atoms with E-state index in [4.69, 9.17) is 5.11 Å². The molecule has 4 heteroatoms. The molecule has 0 aliphatic rings. The maximum absolute atomic E-state index is 12.7. The van der Waals surface area contributed by atoms with Crippen molar-refractivity contribution in [3.8, 4) is 0 Å². The van der Waals surface area contributed by atoms with Gasteiger partial charge < -0.3 is 10.4 Å². The van der Waals surface area contributed by atoms with Crippen LogP contribution in [0, 0.1) is 5.82 Å². The summed E-state index contributed by atoms with van der Waals surface area (Å²) in [4.78, 5) is 11.0. The average molecular weight is 239 g/mol. The third kappa shape index (κ3) is 4.85. The molecule has 0 saturated heterocycles. The van der Waals surface area contributed by atoms with Gasteiger partial charge in [-0.25, -0.2) is 9.18 Å². The van der Waals surface area contributed by atoms with Crippen LogP contribution in [0.5, 0.6) is 0 Å². The second-order valence-electron chi connectivity index (χ2n) is 4.04. The summed E-state index contributed by atoms with van der Waals surface area (Å²) in [6.45, 7) is 2.07. The predicted octanol–water partition coefficient (Wildman–Crippen LogP) is 3.27. The lowest BCUT2D eigenvalue weighted by Gasteiger charge is -2.15. The van der Waals surface area contributed by atoms with Crippen LogP contribution in [0.2, 0.25) is 0 Å². The molecule has 0 aromatic heterocycles. The van der Waals surface area contributed by atoms with Gasteiger partial charge in [-0.05, 0) is 30.7 Å². The normalized spacial score (nSPS) is 12.1. The molecule has 1 aromatic carbocycles. The molecule has 1 atom stereocenters. The predicted molar refractivity (Wildman–Crippen MR) is 65.6 cm³/mol. The highest BCUT2D eigenvalue weighted by molar-refractivity contribution is 5.77. The number of carboxylic acids is 1. The van der Waals surface area contributed by atoms with Crippen molar-refractivity contribution in [3.63, 3.8) is 0 Å². The molecule has 0 aliphatic carbocycles. The molecule has 94 valence electrons. The van der Waals surface area contributed by atoms with Crippen LogP contribution in [-0.2, 0) is 4.79 Å². The summed E-state index contributed by atoms with van der Waals surface area (Å²) < 4.78 is 12.7. The van der Waals surface area contributed by atoms with E-state index >= 15 is 0 Å². The molecule has 0 amide bonds. The third-order valence-electron chi connectivity index (χ3n) is 2.58. The Morgan fingerprint density at radius 2 is 2.00 bits per heavy atom. The van der Waals surface area contributed by atoms with Gasteiger partial charge in [-0.3, -0.25) is 0 Å². The first-order valence-electron chi connectivity index (χ1n) is 5.88. The Morgan fingerprint density at radius 3 is 2.53 bits per heavy atom. The smallest absolute Gasteiger partial charge is 0.326 e. The Morgan fingerprint density at radius 1 is 1.35 bits per heavy atom. The van der Waals surface area contributed by atoms with Crippen molar-refractivity contribution < 1.29 is 14.3 Å². The first-order chi connectivity index (χ1) is 8.13. The fourth-order valence-corrected chi connectivity index (χ4v) is 1.60. The number of halogens is 1. The zero-order valence-corrected chi connectivity index (χ0v) is 9.95. The SMILES string of the molecule is CCCCCC(Nc1ccc(F)cc1)C(=O)O. The van der Waals surface area contributed by atoms with Gasteiger partial charge in [0, 0.05) is 5.69 Å². The highest BCUT2D eigenvalue weighted by atomic mass is 19.1. The van der Waals surface area contributed by atoms with E-state index in [-0.39, 0.29) is 5.82 Å². The molecular formula is C13H18FNO2. The number of hydrogen-bond donors (Lipinski definition) is 2. The minimum absolute atomic E-state index is 0.326. The molecule has 0 heterocycles. The highest BCUT2D eigenvalue weighted by Crippen LogP contribution is 2.13. The van der Waals surface area contributed by atoms with Crippen LogP contribution in [0.4, 0.5) is 10.1 Å². The van der Waals surface area contributed by atoms with Crippen LogP contribution in [0.1, 0.15) is 32.6 Å². The van der Waals surface area contributed by atoms with Crippen LogP contribution < -0.4 is 5.32 Å². The number of carbonyl (C=O) groups is 1. The number of carboxylic acid groups (broad SMARTS) is 1. The molecule has 3 nitrogen and oxygen atoms in total. The number of anilines is 1. The van der Waals surface area contributed by atoms with Crippen LogP contribution >= 0.6 is 0 Å². The topological polar surface area (TPSA) is 49.3 Å². The van der Waals surface area contributed by atoms with Crippen molar-refractivity contribution in [2.45, 2.75) is 38.6 Å². The number of benzene rings is 1. The molecule has 0 aliphatic heterocycles.